The van der Waals surface area contributed by atoms with Crippen LogP contribution in [0.4, 0.5) is 5.69 Å². The molecule has 7 nitrogen and oxygen atoms in total. The van der Waals surface area contributed by atoms with E-state index in [1.807, 2.05) is 26.8 Å². The van der Waals surface area contributed by atoms with E-state index >= 15 is 0 Å². The molecule has 1 aliphatic heterocycles. The van der Waals surface area contributed by atoms with Gasteiger partial charge in [0.15, 0.2) is 0 Å². The molecule has 0 radical (unpaired) electrons. The predicted octanol–water partition coefficient (Wildman–Crippen LogP) is 3.49. The molecule has 164 valence electrons. The Morgan fingerprint density at radius 1 is 1.13 bits per heavy atom. The molecule has 2 heterocycles. The van der Waals surface area contributed by atoms with Gasteiger partial charge in [0.05, 0.1) is 17.6 Å². The molecule has 30 heavy (non-hydrogen) atoms. The number of nitrogens with one attached hydrogen (secondary N) is 1. The highest BCUT2D eigenvalue weighted by Gasteiger charge is 2.22. The molecule has 0 saturated heterocycles. The minimum atomic E-state index is -3.79. The highest BCUT2D eigenvalue weighted by atomic mass is 32.2. The maximum atomic E-state index is 13.0. The molecule has 0 spiro atoms. The summed E-state index contributed by atoms with van der Waals surface area (Å²) in [6.45, 7) is 11.2. The Morgan fingerprint density at radius 3 is 2.47 bits per heavy atom. The van der Waals surface area contributed by atoms with E-state index in [4.69, 9.17) is 14.5 Å². The average molecular weight is 434 g/mol. The Labute approximate surface area is 179 Å². The first-order valence-electron chi connectivity index (χ1n) is 10.5. The molecule has 0 atom stereocenters. The molecule has 0 fully saturated rings. The lowest BCUT2D eigenvalue weighted by Crippen LogP contribution is -2.25. The van der Waals surface area contributed by atoms with Gasteiger partial charge in [-0.1, -0.05) is 6.92 Å². The number of nitrogens with zero attached hydrogens (tertiary/aromatic N) is 2. The van der Waals surface area contributed by atoms with Crippen molar-refractivity contribution >= 4 is 15.7 Å². The summed E-state index contributed by atoms with van der Waals surface area (Å²) < 4.78 is 39.9. The summed E-state index contributed by atoms with van der Waals surface area (Å²) >= 11 is 0. The highest BCUT2D eigenvalue weighted by molar-refractivity contribution is 7.92. The summed E-state index contributed by atoms with van der Waals surface area (Å²) in [6.07, 6.45) is 1.53. The van der Waals surface area contributed by atoms with Gasteiger partial charge in [-0.25, -0.2) is 13.4 Å². The third kappa shape index (κ3) is 5.43. The number of ether oxygens (including phenoxy) is 2. The molecule has 3 rings (SSSR count). The van der Waals surface area contributed by atoms with Crippen LogP contribution < -0.4 is 14.2 Å². The first kappa shape index (κ1) is 22.4. The van der Waals surface area contributed by atoms with Crippen molar-refractivity contribution in [3.8, 4) is 11.6 Å². The van der Waals surface area contributed by atoms with Crippen LogP contribution in [0.5, 0.6) is 11.6 Å². The molecule has 1 aromatic carbocycles. The van der Waals surface area contributed by atoms with Crippen LogP contribution in [-0.4, -0.2) is 50.6 Å². The smallest absolute Gasteiger partial charge is 0.262 e. The fourth-order valence-electron chi connectivity index (χ4n) is 3.45. The van der Waals surface area contributed by atoms with Crippen LogP contribution in [0.3, 0.4) is 0 Å². The van der Waals surface area contributed by atoms with Crippen molar-refractivity contribution in [3.63, 3.8) is 0 Å². The SMILES string of the molecule is CCOc1ccc(S(=O)(=O)Nc2cc3c(nc2OC(C)C)CCN(CC)CC3)cc1. The molecule has 0 aliphatic carbocycles. The largest absolute Gasteiger partial charge is 0.494 e. The highest BCUT2D eigenvalue weighted by Crippen LogP contribution is 2.30. The molecule has 1 aromatic heterocycles. The standard InChI is InChI=1S/C22H31N3O4S/c1-5-25-13-11-17-15-21(22(29-16(3)4)23-20(17)12-14-25)24-30(26,27)19-9-7-18(8-10-19)28-6-2/h7-10,15-16,24H,5-6,11-14H2,1-4H3. The summed E-state index contributed by atoms with van der Waals surface area (Å²) in [6, 6.07) is 8.25. The van der Waals surface area contributed by atoms with Crippen LogP contribution in [0.25, 0.3) is 0 Å². The molecule has 0 saturated carbocycles. The van der Waals surface area contributed by atoms with Crippen molar-refractivity contribution in [2.24, 2.45) is 0 Å². The van der Waals surface area contributed by atoms with Gasteiger partial charge >= 0.3 is 0 Å². The van der Waals surface area contributed by atoms with Crippen LogP contribution in [0.15, 0.2) is 35.2 Å². The topological polar surface area (TPSA) is 80.8 Å². The van der Waals surface area contributed by atoms with Crippen molar-refractivity contribution in [2.45, 2.75) is 51.5 Å². The average Bonchev–Trinajstić information content (AvgIpc) is 2.90. The third-order valence-corrected chi connectivity index (χ3v) is 6.38. The van der Waals surface area contributed by atoms with E-state index in [0.29, 0.717) is 23.9 Å². The van der Waals surface area contributed by atoms with Crippen molar-refractivity contribution in [3.05, 3.63) is 41.6 Å². The zero-order valence-electron chi connectivity index (χ0n) is 18.1. The van der Waals surface area contributed by atoms with E-state index in [-0.39, 0.29) is 11.0 Å². The third-order valence-electron chi connectivity index (χ3n) is 5.00. The van der Waals surface area contributed by atoms with E-state index in [9.17, 15) is 8.42 Å². The Hall–Kier alpha value is -2.32. The second kappa shape index (κ2) is 9.66. The maximum Gasteiger partial charge on any atom is 0.262 e. The molecule has 2 aromatic rings. The van der Waals surface area contributed by atoms with Crippen molar-refractivity contribution in [1.82, 2.24) is 9.88 Å². The van der Waals surface area contributed by atoms with Crippen LogP contribution in [-0.2, 0) is 22.9 Å². The van der Waals surface area contributed by atoms with E-state index in [1.54, 1.807) is 12.1 Å². The number of hydrogen-bond acceptors (Lipinski definition) is 6. The normalized spacial score (nSPS) is 14.8. The predicted molar refractivity (Wildman–Crippen MR) is 118 cm³/mol. The van der Waals surface area contributed by atoms with E-state index in [2.05, 4.69) is 16.5 Å². The summed E-state index contributed by atoms with van der Waals surface area (Å²) in [5, 5.41) is 0. The number of rotatable bonds is 8. The fourth-order valence-corrected chi connectivity index (χ4v) is 4.50. The zero-order valence-corrected chi connectivity index (χ0v) is 19.0. The molecule has 0 amide bonds. The molecular weight excluding hydrogens is 402 g/mol. The van der Waals surface area contributed by atoms with E-state index in [1.165, 1.54) is 12.1 Å². The summed E-state index contributed by atoms with van der Waals surface area (Å²) in [4.78, 5) is 7.23. The number of benzene rings is 1. The van der Waals surface area contributed by atoms with Gasteiger partial charge in [-0.2, -0.15) is 0 Å². The Bertz CT molecular complexity index is 959. The van der Waals surface area contributed by atoms with Gasteiger partial charge in [0.2, 0.25) is 5.88 Å². The molecule has 0 bridgehead atoms. The number of aromatic nitrogens is 1. The van der Waals surface area contributed by atoms with Crippen LogP contribution in [0.2, 0.25) is 0 Å². The summed E-state index contributed by atoms with van der Waals surface area (Å²) in [5.41, 5.74) is 2.42. The summed E-state index contributed by atoms with van der Waals surface area (Å²) in [7, 11) is -3.79. The van der Waals surface area contributed by atoms with Gasteiger partial charge in [-0.05, 0) is 69.6 Å². The second-order valence-electron chi connectivity index (χ2n) is 7.56. The van der Waals surface area contributed by atoms with Gasteiger partial charge in [0, 0.05) is 25.2 Å². The lowest BCUT2D eigenvalue weighted by Gasteiger charge is -2.18. The van der Waals surface area contributed by atoms with Crippen molar-refractivity contribution in [2.75, 3.05) is 31.0 Å². The van der Waals surface area contributed by atoms with Gasteiger partial charge in [-0.3, -0.25) is 4.72 Å². The fraction of sp³-hybridized carbons (Fsp3) is 0.500. The minimum absolute atomic E-state index is 0.123. The monoisotopic (exact) mass is 433 g/mol. The molecular formula is C22H31N3O4S. The van der Waals surface area contributed by atoms with Gasteiger partial charge < -0.3 is 14.4 Å². The quantitative estimate of drug-likeness (QED) is 0.686. The lowest BCUT2D eigenvalue weighted by molar-refractivity contribution is 0.233. The second-order valence-corrected chi connectivity index (χ2v) is 9.24. The Morgan fingerprint density at radius 2 is 1.83 bits per heavy atom. The van der Waals surface area contributed by atoms with Crippen LogP contribution in [0, 0.1) is 0 Å². The van der Waals surface area contributed by atoms with Crippen molar-refractivity contribution in [1.29, 1.82) is 0 Å². The molecule has 0 unspecified atom stereocenters. The first-order chi connectivity index (χ1) is 14.3. The number of hydrogen-bond donors (Lipinski definition) is 1. The summed E-state index contributed by atoms with van der Waals surface area (Å²) in [5.74, 6) is 0.954. The zero-order chi connectivity index (χ0) is 21.7. The molecule has 1 aliphatic rings. The van der Waals surface area contributed by atoms with Gasteiger partial charge in [-0.15, -0.1) is 0 Å². The number of anilines is 1. The molecule has 8 heteroatoms. The van der Waals surface area contributed by atoms with Gasteiger partial charge in [0.1, 0.15) is 11.4 Å². The van der Waals surface area contributed by atoms with Crippen LogP contribution in [0.1, 0.15) is 39.0 Å². The van der Waals surface area contributed by atoms with Crippen LogP contribution >= 0.6 is 0 Å². The number of sulfonamides is 1. The number of pyridine rings is 1. The Balaban J connectivity index is 1.92. The maximum absolute atomic E-state index is 13.0. The lowest BCUT2D eigenvalue weighted by atomic mass is 10.1. The first-order valence-corrected chi connectivity index (χ1v) is 12.0. The molecule has 1 N–H and O–H groups in total. The number of likely N-dealkylation sites (N-methyl/N-ethyl adjacent to an activating group) is 1. The minimum Gasteiger partial charge on any atom is -0.494 e. The van der Waals surface area contributed by atoms with E-state index < -0.39 is 10.0 Å². The van der Waals surface area contributed by atoms with Crippen molar-refractivity contribution < 1.29 is 17.9 Å². The van der Waals surface area contributed by atoms with Gasteiger partial charge in [0.25, 0.3) is 10.0 Å². The Kier molecular flexibility index (Phi) is 7.20. The number of fused-ring (bicyclic) bond motifs is 1. The van der Waals surface area contributed by atoms with E-state index in [0.717, 1.165) is 43.7 Å².